The van der Waals surface area contributed by atoms with E-state index in [4.69, 9.17) is 4.74 Å². The lowest BCUT2D eigenvalue weighted by Crippen LogP contribution is -2.32. The zero-order chi connectivity index (χ0) is 13.9. The van der Waals surface area contributed by atoms with Gasteiger partial charge in [-0.25, -0.2) is 0 Å². The van der Waals surface area contributed by atoms with Crippen LogP contribution in [-0.2, 0) is 0 Å². The van der Waals surface area contributed by atoms with Crippen molar-refractivity contribution in [2.75, 3.05) is 13.7 Å². The molecule has 20 heavy (non-hydrogen) atoms. The smallest absolute Gasteiger partial charge is 0.119 e. The average molecular weight is 269 g/mol. The maximum Gasteiger partial charge on any atom is 0.119 e. The molecule has 1 aliphatic rings. The van der Waals surface area contributed by atoms with E-state index in [1.54, 1.807) is 7.11 Å². The number of methoxy groups -OCH3 is 1. The molecule has 2 aromatic rings. The van der Waals surface area contributed by atoms with Gasteiger partial charge >= 0.3 is 0 Å². The van der Waals surface area contributed by atoms with Gasteiger partial charge < -0.3 is 10.1 Å². The van der Waals surface area contributed by atoms with E-state index < -0.39 is 0 Å². The molecule has 0 radical (unpaired) electrons. The van der Waals surface area contributed by atoms with Crippen LogP contribution in [0, 0.1) is 5.92 Å². The minimum atomic E-state index is 0.514. The van der Waals surface area contributed by atoms with Gasteiger partial charge in [0.05, 0.1) is 7.11 Å². The summed E-state index contributed by atoms with van der Waals surface area (Å²) in [5, 5.41) is 6.21. The summed E-state index contributed by atoms with van der Waals surface area (Å²) in [7, 11) is 1.72. The summed E-state index contributed by atoms with van der Waals surface area (Å²) in [5.41, 5.74) is 1.43. The third kappa shape index (κ3) is 2.53. The number of nitrogens with one attached hydrogen (secondary N) is 1. The van der Waals surface area contributed by atoms with Crippen molar-refractivity contribution in [2.24, 2.45) is 5.92 Å². The number of hydrogen-bond acceptors (Lipinski definition) is 2. The Morgan fingerprint density at radius 2 is 1.90 bits per heavy atom. The molecule has 3 rings (SSSR count). The summed E-state index contributed by atoms with van der Waals surface area (Å²) in [6.07, 6.45) is 4.11. The summed E-state index contributed by atoms with van der Waals surface area (Å²) >= 11 is 0. The van der Waals surface area contributed by atoms with Crippen LogP contribution in [0.4, 0.5) is 0 Å². The lowest BCUT2D eigenvalue weighted by Gasteiger charge is -2.34. The van der Waals surface area contributed by atoms with E-state index in [1.807, 2.05) is 6.07 Å². The molecule has 106 valence electrons. The number of hydrogen-bond donors (Lipinski definition) is 1. The molecule has 0 heterocycles. The number of rotatable bonds is 5. The Morgan fingerprint density at radius 1 is 1.15 bits per heavy atom. The summed E-state index contributed by atoms with van der Waals surface area (Å²) in [5.74, 6) is 1.73. The van der Waals surface area contributed by atoms with Crippen molar-refractivity contribution in [3.8, 4) is 5.75 Å². The number of ether oxygens (including phenoxy) is 1. The summed E-state index contributed by atoms with van der Waals surface area (Å²) in [4.78, 5) is 0. The molecule has 0 aromatic heterocycles. The van der Waals surface area contributed by atoms with Gasteiger partial charge in [-0.05, 0) is 59.8 Å². The molecule has 2 nitrogen and oxygen atoms in total. The van der Waals surface area contributed by atoms with Crippen molar-refractivity contribution in [1.82, 2.24) is 5.32 Å². The van der Waals surface area contributed by atoms with Gasteiger partial charge in [-0.2, -0.15) is 0 Å². The van der Waals surface area contributed by atoms with E-state index in [0.29, 0.717) is 6.04 Å². The summed E-state index contributed by atoms with van der Waals surface area (Å²) < 4.78 is 5.29. The summed E-state index contributed by atoms with van der Waals surface area (Å²) in [6.45, 7) is 3.22. The first-order valence-electron chi connectivity index (χ1n) is 7.63. The molecule has 2 aromatic carbocycles. The second-order valence-corrected chi connectivity index (χ2v) is 5.70. The van der Waals surface area contributed by atoms with Crippen molar-refractivity contribution in [3.05, 3.63) is 42.0 Å². The first kappa shape index (κ1) is 13.4. The molecular weight excluding hydrogens is 246 g/mol. The van der Waals surface area contributed by atoms with Gasteiger partial charge in [0.15, 0.2) is 0 Å². The van der Waals surface area contributed by atoms with Gasteiger partial charge in [-0.15, -0.1) is 0 Å². The van der Waals surface area contributed by atoms with E-state index in [9.17, 15) is 0 Å². The lowest BCUT2D eigenvalue weighted by atomic mass is 9.77. The van der Waals surface area contributed by atoms with Crippen LogP contribution >= 0.6 is 0 Å². The SMILES string of the molecule is CCNC(c1ccc2cc(OC)ccc2c1)C1CCC1. The Hall–Kier alpha value is -1.54. The van der Waals surface area contributed by atoms with Crippen LogP contribution in [0.2, 0.25) is 0 Å². The van der Waals surface area contributed by atoms with Crippen LogP contribution in [0.1, 0.15) is 37.8 Å². The lowest BCUT2D eigenvalue weighted by molar-refractivity contribution is 0.233. The highest BCUT2D eigenvalue weighted by Crippen LogP contribution is 2.38. The average Bonchev–Trinajstić information content (AvgIpc) is 2.44. The standard InChI is InChI=1S/C18H23NO/c1-3-19-18(13-5-4-6-13)16-8-7-15-12-17(20-2)10-9-14(15)11-16/h7-13,18-19H,3-6H2,1-2H3. The minimum Gasteiger partial charge on any atom is -0.497 e. The second-order valence-electron chi connectivity index (χ2n) is 5.70. The van der Waals surface area contributed by atoms with E-state index >= 15 is 0 Å². The Balaban J connectivity index is 1.94. The minimum absolute atomic E-state index is 0.514. The number of fused-ring (bicyclic) bond motifs is 1. The van der Waals surface area contributed by atoms with E-state index in [2.05, 4.69) is 42.6 Å². The molecule has 0 amide bonds. The van der Waals surface area contributed by atoms with Crippen molar-refractivity contribution >= 4 is 10.8 Å². The van der Waals surface area contributed by atoms with Crippen LogP contribution < -0.4 is 10.1 Å². The molecular formula is C18H23NO. The zero-order valence-corrected chi connectivity index (χ0v) is 12.4. The molecule has 1 aliphatic carbocycles. The van der Waals surface area contributed by atoms with Gasteiger partial charge in [0.2, 0.25) is 0 Å². The maximum atomic E-state index is 5.29. The first-order chi connectivity index (χ1) is 9.81. The topological polar surface area (TPSA) is 21.3 Å². The quantitative estimate of drug-likeness (QED) is 0.874. The second kappa shape index (κ2) is 5.84. The van der Waals surface area contributed by atoms with Crippen molar-refractivity contribution in [3.63, 3.8) is 0 Å². The predicted octanol–water partition coefficient (Wildman–Crippen LogP) is 4.30. The Bertz CT molecular complexity index is 589. The van der Waals surface area contributed by atoms with Crippen molar-refractivity contribution in [2.45, 2.75) is 32.2 Å². The van der Waals surface area contributed by atoms with E-state index in [0.717, 1.165) is 18.2 Å². The molecule has 0 bridgehead atoms. The van der Waals surface area contributed by atoms with Gasteiger partial charge in [0, 0.05) is 6.04 Å². The fourth-order valence-corrected chi connectivity index (χ4v) is 3.11. The van der Waals surface area contributed by atoms with Crippen molar-refractivity contribution in [1.29, 1.82) is 0 Å². The molecule has 0 saturated heterocycles. The summed E-state index contributed by atoms with van der Waals surface area (Å²) in [6, 6.07) is 13.6. The highest BCUT2D eigenvalue weighted by Gasteiger charge is 2.27. The van der Waals surface area contributed by atoms with E-state index in [-0.39, 0.29) is 0 Å². The van der Waals surface area contributed by atoms with Crippen LogP contribution in [0.3, 0.4) is 0 Å². The van der Waals surface area contributed by atoms with Crippen LogP contribution in [0.15, 0.2) is 36.4 Å². The fraction of sp³-hybridized carbons (Fsp3) is 0.444. The van der Waals surface area contributed by atoms with Gasteiger partial charge in [-0.1, -0.05) is 31.5 Å². The predicted molar refractivity (Wildman–Crippen MR) is 84.3 cm³/mol. The number of benzene rings is 2. The molecule has 1 atom stereocenters. The molecule has 1 unspecified atom stereocenters. The van der Waals surface area contributed by atoms with Gasteiger partial charge in [0.1, 0.15) is 5.75 Å². The highest BCUT2D eigenvalue weighted by molar-refractivity contribution is 5.84. The van der Waals surface area contributed by atoms with Crippen LogP contribution in [-0.4, -0.2) is 13.7 Å². The van der Waals surface area contributed by atoms with Crippen LogP contribution in [0.25, 0.3) is 10.8 Å². The van der Waals surface area contributed by atoms with Crippen LogP contribution in [0.5, 0.6) is 5.75 Å². The largest absolute Gasteiger partial charge is 0.497 e. The Labute approximate surface area is 121 Å². The molecule has 1 fully saturated rings. The molecule has 2 heteroatoms. The molecule has 1 N–H and O–H groups in total. The van der Waals surface area contributed by atoms with E-state index in [1.165, 1.54) is 35.6 Å². The zero-order valence-electron chi connectivity index (χ0n) is 12.4. The maximum absolute atomic E-state index is 5.29. The normalized spacial score (nSPS) is 16.9. The highest BCUT2D eigenvalue weighted by atomic mass is 16.5. The molecule has 0 aliphatic heterocycles. The molecule has 1 saturated carbocycles. The Kier molecular flexibility index (Phi) is 3.93. The third-order valence-electron chi connectivity index (χ3n) is 4.48. The van der Waals surface area contributed by atoms with Gasteiger partial charge in [0.25, 0.3) is 0 Å². The molecule has 0 spiro atoms. The Morgan fingerprint density at radius 3 is 2.55 bits per heavy atom. The third-order valence-corrected chi connectivity index (χ3v) is 4.48. The first-order valence-corrected chi connectivity index (χ1v) is 7.63. The fourth-order valence-electron chi connectivity index (χ4n) is 3.11. The van der Waals surface area contributed by atoms with Crippen molar-refractivity contribution < 1.29 is 4.74 Å². The van der Waals surface area contributed by atoms with Gasteiger partial charge in [-0.3, -0.25) is 0 Å². The monoisotopic (exact) mass is 269 g/mol.